The van der Waals surface area contributed by atoms with Crippen molar-refractivity contribution in [3.8, 4) is 22.5 Å². The molecule has 9 nitrogen and oxygen atoms in total. The summed E-state index contributed by atoms with van der Waals surface area (Å²) in [5, 5.41) is 14.6. The van der Waals surface area contributed by atoms with E-state index in [1.165, 1.54) is 0 Å². The van der Waals surface area contributed by atoms with E-state index < -0.39 is 6.04 Å². The first-order chi connectivity index (χ1) is 18.6. The van der Waals surface area contributed by atoms with Gasteiger partial charge in [-0.3, -0.25) is 18.9 Å². The average molecular weight is 514 g/mol. The highest BCUT2D eigenvalue weighted by molar-refractivity contribution is 5.83. The van der Waals surface area contributed by atoms with E-state index in [1.807, 2.05) is 47.3 Å². The zero-order chi connectivity index (χ0) is 26.5. The Morgan fingerprint density at radius 2 is 1.89 bits per heavy atom. The van der Waals surface area contributed by atoms with Crippen LogP contribution in [0.15, 0.2) is 53.7 Å². The van der Waals surface area contributed by atoms with Crippen molar-refractivity contribution in [1.82, 2.24) is 34.7 Å². The summed E-state index contributed by atoms with van der Waals surface area (Å²) in [6, 6.07) is 9.45. The predicted molar refractivity (Wildman–Crippen MR) is 146 cm³/mol. The molecule has 0 amide bonds. The molecule has 38 heavy (non-hydrogen) atoms. The molecule has 0 radical (unpaired) electrons. The van der Waals surface area contributed by atoms with E-state index in [2.05, 4.69) is 39.5 Å². The number of benzene rings is 1. The Morgan fingerprint density at radius 1 is 1.05 bits per heavy atom. The van der Waals surface area contributed by atoms with E-state index in [1.54, 1.807) is 10.8 Å². The van der Waals surface area contributed by atoms with E-state index in [-0.39, 0.29) is 17.4 Å². The fourth-order valence-corrected chi connectivity index (χ4v) is 5.64. The number of carbonyl (C=O) groups excluding carboxylic acids is 1. The molecule has 0 bridgehead atoms. The molecule has 0 aliphatic heterocycles. The molecule has 4 aromatic rings. The highest BCUT2D eigenvalue weighted by atomic mass is 16.2. The zero-order valence-corrected chi connectivity index (χ0v) is 22.1. The van der Waals surface area contributed by atoms with Crippen LogP contribution in [0.4, 0.5) is 0 Å². The number of nitrogens with zero attached hydrogens (tertiary/aromatic N) is 6. The summed E-state index contributed by atoms with van der Waals surface area (Å²) in [6.07, 6.45) is 12.9. The minimum atomic E-state index is -0.406. The number of rotatable bonds is 8. The molecule has 1 N–H and O–H groups in total. The maximum Gasteiger partial charge on any atom is 0.329 e. The number of hydrogen-bond acceptors (Lipinski definition) is 6. The van der Waals surface area contributed by atoms with Gasteiger partial charge in [0.1, 0.15) is 0 Å². The van der Waals surface area contributed by atoms with Gasteiger partial charge >= 0.3 is 5.69 Å². The number of unbranched alkanes of at least 4 members (excludes halogenated alkanes) is 1. The number of aromatic nitrogens is 7. The summed E-state index contributed by atoms with van der Waals surface area (Å²) >= 11 is 0. The lowest BCUT2D eigenvalue weighted by Gasteiger charge is -2.25. The number of nitrogens with one attached hydrogen (secondary N) is 1. The van der Waals surface area contributed by atoms with Crippen molar-refractivity contribution >= 4 is 5.78 Å². The van der Waals surface area contributed by atoms with Crippen molar-refractivity contribution in [2.45, 2.75) is 77.8 Å². The van der Waals surface area contributed by atoms with Crippen LogP contribution in [0.2, 0.25) is 0 Å². The lowest BCUT2D eigenvalue weighted by atomic mass is 9.87. The van der Waals surface area contributed by atoms with Crippen molar-refractivity contribution in [2.75, 3.05) is 0 Å². The molecule has 3 aromatic heterocycles. The first-order valence-electron chi connectivity index (χ1n) is 13.7. The highest BCUT2D eigenvalue weighted by Gasteiger charge is 2.30. The largest absolute Gasteiger partial charge is 0.329 e. The van der Waals surface area contributed by atoms with Crippen molar-refractivity contribution in [3.05, 3.63) is 70.7 Å². The third kappa shape index (κ3) is 5.23. The van der Waals surface area contributed by atoms with Crippen molar-refractivity contribution < 1.29 is 4.79 Å². The molecule has 3 heterocycles. The van der Waals surface area contributed by atoms with Crippen LogP contribution in [0.1, 0.15) is 76.1 Å². The summed E-state index contributed by atoms with van der Waals surface area (Å²) in [5.74, 6) is 0.813. The van der Waals surface area contributed by atoms with Crippen LogP contribution in [-0.4, -0.2) is 40.5 Å². The Labute approximate surface area is 222 Å². The quantitative estimate of drug-likeness (QED) is 0.355. The SMILES string of the molecule is CCCCc1cn(C2C(=O)CCCCCC2C)c(=O)n1Cc1cnccc1-c1ccccc1-c1nn[nH]n1. The highest BCUT2D eigenvalue weighted by Crippen LogP contribution is 2.33. The third-order valence-corrected chi connectivity index (χ3v) is 7.66. The Kier molecular flexibility index (Phi) is 7.91. The van der Waals surface area contributed by atoms with Crippen molar-refractivity contribution in [3.63, 3.8) is 0 Å². The molecule has 198 valence electrons. The smallest absolute Gasteiger partial charge is 0.297 e. The monoisotopic (exact) mass is 513 g/mol. The number of pyridine rings is 1. The maximum absolute atomic E-state index is 14.0. The normalized spacial score (nSPS) is 18.3. The third-order valence-electron chi connectivity index (χ3n) is 7.66. The minimum Gasteiger partial charge on any atom is -0.297 e. The second kappa shape index (κ2) is 11.7. The van der Waals surface area contributed by atoms with Crippen LogP contribution in [-0.2, 0) is 17.8 Å². The molecule has 2 unspecified atom stereocenters. The van der Waals surface area contributed by atoms with Crippen LogP contribution in [0.25, 0.3) is 22.5 Å². The molecule has 1 aliphatic carbocycles. The van der Waals surface area contributed by atoms with Crippen LogP contribution in [0.5, 0.6) is 0 Å². The Hall–Kier alpha value is -3.88. The molecule has 1 aliphatic rings. The molecule has 1 saturated carbocycles. The number of ketones is 1. The van der Waals surface area contributed by atoms with Gasteiger partial charge in [-0.2, -0.15) is 5.21 Å². The van der Waals surface area contributed by atoms with Crippen LogP contribution >= 0.6 is 0 Å². The topological polar surface area (TPSA) is 111 Å². The van der Waals surface area contributed by atoms with Gasteiger partial charge in [0.05, 0.1) is 12.6 Å². The fraction of sp³-hybridized carbons (Fsp3) is 0.448. The van der Waals surface area contributed by atoms with Crippen molar-refractivity contribution in [1.29, 1.82) is 0 Å². The standard InChI is InChI=1S/C29H35N7O2/c1-3-4-11-22-19-36(27-20(2)10-6-5-7-14-26(27)37)29(38)35(22)18-21-17-30-16-15-23(21)24-12-8-9-13-25(24)28-31-33-34-32-28/h8-9,12-13,15-17,19-20,27H,3-7,10-11,14,18H2,1-2H3,(H,31,32,33,34). The summed E-state index contributed by atoms with van der Waals surface area (Å²) in [5.41, 5.74) is 4.50. The number of H-pyrrole nitrogens is 1. The molecule has 0 saturated heterocycles. The van der Waals surface area contributed by atoms with Crippen molar-refractivity contribution in [2.24, 2.45) is 5.92 Å². The number of aromatic amines is 1. The van der Waals surface area contributed by atoms with Crippen LogP contribution < -0.4 is 5.69 Å². The molecule has 9 heteroatoms. The summed E-state index contributed by atoms with van der Waals surface area (Å²) < 4.78 is 3.57. The number of carbonyl (C=O) groups is 1. The van der Waals surface area contributed by atoms with Gasteiger partial charge in [0.2, 0.25) is 5.82 Å². The predicted octanol–water partition coefficient (Wildman–Crippen LogP) is 4.99. The molecule has 0 spiro atoms. The van der Waals surface area contributed by atoms with Crippen LogP contribution in [0.3, 0.4) is 0 Å². The lowest BCUT2D eigenvalue weighted by molar-refractivity contribution is -0.124. The van der Waals surface area contributed by atoms with E-state index >= 15 is 0 Å². The van der Waals surface area contributed by atoms with Gasteiger partial charge in [0.15, 0.2) is 5.78 Å². The summed E-state index contributed by atoms with van der Waals surface area (Å²) in [4.78, 5) is 31.6. The first kappa shape index (κ1) is 25.8. The van der Waals surface area contributed by atoms with E-state index in [0.29, 0.717) is 18.8 Å². The van der Waals surface area contributed by atoms with Gasteiger partial charge in [-0.15, -0.1) is 10.2 Å². The number of Topliss-reactive ketones (excluding diaryl/α,β-unsaturated/α-hetero) is 1. The molecule has 1 fully saturated rings. The second-order valence-electron chi connectivity index (χ2n) is 10.3. The van der Waals surface area contributed by atoms with Gasteiger partial charge in [0, 0.05) is 36.3 Å². The summed E-state index contributed by atoms with van der Waals surface area (Å²) in [6.45, 7) is 4.62. The van der Waals surface area contributed by atoms with Gasteiger partial charge < -0.3 is 0 Å². The maximum atomic E-state index is 14.0. The first-order valence-corrected chi connectivity index (χ1v) is 13.7. The fourth-order valence-electron chi connectivity index (χ4n) is 5.64. The number of aryl methyl sites for hydroxylation is 1. The van der Waals surface area contributed by atoms with Gasteiger partial charge in [-0.1, -0.05) is 57.4 Å². The van der Waals surface area contributed by atoms with Gasteiger partial charge in [-0.05, 0) is 59.6 Å². The molecule has 5 rings (SSSR count). The van der Waals surface area contributed by atoms with E-state index in [9.17, 15) is 9.59 Å². The second-order valence-corrected chi connectivity index (χ2v) is 10.3. The lowest BCUT2D eigenvalue weighted by Crippen LogP contribution is -2.35. The molecular formula is C29H35N7O2. The van der Waals surface area contributed by atoms with Crippen LogP contribution in [0, 0.1) is 5.92 Å². The number of imidazole rings is 1. The average Bonchev–Trinajstić information content (AvgIpc) is 3.56. The molecular weight excluding hydrogens is 478 g/mol. The Bertz CT molecular complexity index is 1440. The Morgan fingerprint density at radius 3 is 2.68 bits per heavy atom. The summed E-state index contributed by atoms with van der Waals surface area (Å²) in [7, 11) is 0. The molecule has 2 atom stereocenters. The van der Waals surface area contributed by atoms with E-state index in [0.717, 1.165) is 72.9 Å². The Balaban J connectivity index is 1.58. The molecule has 1 aromatic carbocycles. The zero-order valence-electron chi connectivity index (χ0n) is 22.1. The van der Waals surface area contributed by atoms with Gasteiger partial charge in [-0.25, -0.2) is 4.79 Å². The van der Waals surface area contributed by atoms with E-state index in [4.69, 9.17) is 0 Å². The van der Waals surface area contributed by atoms with Gasteiger partial charge in [0.25, 0.3) is 0 Å². The number of tetrazole rings is 1. The minimum absolute atomic E-state index is 0.122. The number of hydrogen-bond donors (Lipinski definition) is 1.